The summed E-state index contributed by atoms with van der Waals surface area (Å²) >= 11 is 0. The fraction of sp³-hybridized carbons (Fsp3) is 0.471. The number of fused-ring (bicyclic) bond motifs is 3. The molecule has 0 aliphatic heterocycles. The van der Waals surface area contributed by atoms with E-state index in [0.717, 1.165) is 11.1 Å². The van der Waals surface area contributed by atoms with Gasteiger partial charge in [0.15, 0.2) is 0 Å². The number of carbonyl (C=O) groups is 1. The highest BCUT2D eigenvalue weighted by Crippen LogP contribution is 2.58. The summed E-state index contributed by atoms with van der Waals surface area (Å²) in [6.45, 7) is 3.74. The van der Waals surface area contributed by atoms with Gasteiger partial charge in [-0.05, 0) is 26.0 Å². The normalized spacial score (nSPS) is 18.8. The summed E-state index contributed by atoms with van der Waals surface area (Å²) in [6, 6.07) is 3.54. The Balaban J connectivity index is 2.05. The summed E-state index contributed by atoms with van der Waals surface area (Å²) in [6.07, 6.45) is 0.277. The number of phosphoric ester groups is 1. The first-order valence-corrected chi connectivity index (χ1v) is 10.0. The zero-order chi connectivity index (χ0) is 19.6. The second-order valence-corrected chi connectivity index (χ2v) is 7.39. The number of aromatic amines is 2. The van der Waals surface area contributed by atoms with Crippen LogP contribution in [0.15, 0.2) is 18.3 Å². The number of esters is 1. The molecular weight excluding hydrogens is 375 g/mol. The van der Waals surface area contributed by atoms with Gasteiger partial charge in [0.2, 0.25) is 0 Å². The Bertz CT molecular complexity index is 849. The number of H-pyrrole nitrogens is 2. The fourth-order valence-corrected chi connectivity index (χ4v) is 4.52. The van der Waals surface area contributed by atoms with Crippen LogP contribution >= 0.6 is 7.82 Å². The summed E-state index contributed by atoms with van der Waals surface area (Å²) in [4.78, 5) is 18.1. The molecule has 10 heteroatoms. The van der Waals surface area contributed by atoms with Crippen LogP contribution in [0.3, 0.4) is 0 Å². The summed E-state index contributed by atoms with van der Waals surface area (Å²) in [7, 11) is -0.992. The van der Waals surface area contributed by atoms with Gasteiger partial charge < -0.3 is 19.4 Å². The second kappa shape index (κ2) is 8.00. The molecule has 0 fully saturated rings. The van der Waals surface area contributed by atoms with Gasteiger partial charge in [-0.15, -0.1) is 0 Å². The topological polar surface area (TPSA) is 112 Å². The van der Waals surface area contributed by atoms with Gasteiger partial charge in [0.25, 0.3) is 0 Å². The van der Waals surface area contributed by atoms with Crippen LogP contribution in [-0.4, -0.2) is 43.4 Å². The molecule has 2 atom stereocenters. The average Bonchev–Trinajstić information content (AvgIpc) is 3.28. The Labute approximate surface area is 156 Å². The molecule has 2 heterocycles. The molecule has 0 radical (unpaired) electrons. The lowest BCUT2D eigenvalue weighted by atomic mass is 9.91. The molecule has 2 aromatic heterocycles. The number of methoxy groups -OCH3 is 2. The third-order valence-corrected chi connectivity index (χ3v) is 5.87. The Morgan fingerprint density at radius 2 is 1.81 bits per heavy atom. The highest BCUT2D eigenvalue weighted by atomic mass is 31.2. The lowest BCUT2D eigenvalue weighted by molar-refractivity contribution is -0.0282. The SMILES string of the molecule is CCOP(=O)(OCC)O[C@H]1c2[nH]ccc2-c2cc(C(=O)OC)[nH]c2[C@@H]1OC. The van der Waals surface area contributed by atoms with Crippen molar-refractivity contribution in [2.75, 3.05) is 27.4 Å². The van der Waals surface area contributed by atoms with Gasteiger partial charge in [-0.3, -0.25) is 13.6 Å². The first kappa shape index (κ1) is 19.9. The number of phosphoric acid groups is 1. The lowest BCUT2D eigenvalue weighted by Gasteiger charge is -2.32. The van der Waals surface area contributed by atoms with Gasteiger partial charge in [0.05, 0.1) is 31.7 Å². The van der Waals surface area contributed by atoms with E-state index in [1.165, 1.54) is 14.2 Å². The van der Waals surface area contributed by atoms with E-state index in [0.29, 0.717) is 11.4 Å². The largest absolute Gasteiger partial charge is 0.475 e. The minimum atomic E-state index is -3.81. The highest BCUT2D eigenvalue weighted by Gasteiger charge is 2.43. The van der Waals surface area contributed by atoms with Gasteiger partial charge in [-0.1, -0.05) is 0 Å². The standard InChI is InChI=1S/C17H23N2O7P/c1-5-24-27(21,25-6-2)26-16-13-10(7-8-18-13)11-9-12(17(20)23-4)19-14(11)15(16)22-3/h7-9,15-16,18-19H,5-6H2,1-4H3/t15-,16-/m0/s1. The zero-order valence-corrected chi connectivity index (χ0v) is 16.5. The van der Waals surface area contributed by atoms with Crippen LogP contribution in [0, 0.1) is 0 Å². The van der Waals surface area contributed by atoms with E-state index in [9.17, 15) is 9.36 Å². The number of hydrogen-bond acceptors (Lipinski definition) is 7. The number of rotatable bonds is 8. The van der Waals surface area contributed by atoms with E-state index in [-0.39, 0.29) is 18.9 Å². The molecule has 9 nitrogen and oxygen atoms in total. The molecule has 0 aromatic carbocycles. The van der Waals surface area contributed by atoms with Crippen molar-refractivity contribution in [3.63, 3.8) is 0 Å². The van der Waals surface area contributed by atoms with Crippen molar-refractivity contribution in [3.05, 3.63) is 35.4 Å². The quantitative estimate of drug-likeness (QED) is 0.515. The fourth-order valence-electron chi connectivity index (χ4n) is 3.20. The molecule has 0 amide bonds. The number of aromatic nitrogens is 2. The van der Waals surface area contributed by atoms with E-state index in [2.05, 4.69) is 9.97 Å². The third-order valence-electron chi connectivity index (χ3n) is 4.24. The maximum atomic E-state index is 12.9. The molecule has 2 aromatic rings. The van der Waals surface area contributed by atoms with Crippen LogP contribution in [0.1, 0.15) is 47.9 Å². The lowest BCUT2D eigenvalue weighted by Crippen LogP contribution is -2.22. The third kappa shape index (κ3) is 3.61. The molecule has 1 aliphatic rings. The minimum absolute atomic E-state index is 0.166. The Hall–Kier alpha value is -1.90. The Morgan fingerprint density at radius 1 is 1.11 bits per heavy atom. The maximum Gasteiger partial charge on any atom is 0.475 e. The van der Waals surface area contributed by atoms with E-state index in [1.807, 2.05) is 6.07 Å². The molecule has 2 N–H and O–H groups in total. The predicted molar refractivity (Wildman–Crippen MR) is 96.4 cm³/mol. The summed E-state index contributed by atoms with van der Waals surface area (Å²) < 4.78 is 39.7. The van der Waals surface area contributed by atoms with Crippen LogP contribution in [0.25, 0.3) is 11.1 Å². The Morgan fingerprint density at radius 3 is 2.41 bits per heavy atom. The average molecular weight is 398 g/mol. The molecule has 27 heavy (non-hydrogen) atoms. The highest BCUT2D eigenvalue weighted by molar-refractivity contribution is 7.48. The van der Waals surface area contributed by atoms with Crippen molar-refractivity contribution in [3.8, 4) is 11.1 Å². The van der Waals surface area contributed by atoms with E-state index in [1.54, 1.807) is 26.1 Å². The van der Waals surface area contributed by atoms with Crippen LogP contribution < -0.4 is 0 Å². The van der Waals surface area contributed by atoms with Crippen molar-refractivity contribution in [1.82, 2.24) is 9.97 Å². The van der Waals surface area contributed by atoms with Crippen LogP contribution in [0.4, 0.5) is 0 Å². The number of ether oxygens (including phenoxy) is 2. The van der Waals surface area contributed by atoms with E-state index < -0.39 is 26.0 Å². The molecule has 0 saturated heterocycles. The molecule has 1 aliphatic carbocycles. The monoisotopic (exact) mass is 398 g/mol. The first-order chi connectivity index (χ1) is 13.0. The van der Waals surface area contributed by atoms with Crippen LogP contribution in [-0.2, 0) is 27.6 Å². The van der Waals surface area contributed by atoms with Gasteiger partial charge in [0, 0.05) is 24.4 Å². The van der Waals surface area contributed by atoms with E-state index >= 15 is 0 Å². The molecular formula is C17H23N2O7P. The molecule has 148 valence electrons. The van der Waals surface area contributed by atoms with Crippen LogP contribution in [0.5, 0.6) is 0 Å². The van der Waals surface area contributed by atoms with Gasteiger partial charge >= 0.3 is 13.8 Å². The molecule has 0 bridgehead atoms. The molecule has 0 saturated carbocycles. The van der Waals surface area contributed by atoms with Gasteiger partial charge in [-0.25, -0.2) is 9.36 Å². The summed E-state index contributed by atoms with van der Waals surface area (Å²) in [5.74, 6) is -0.497. The zero-order valence-electron chi connectivity index (χ0n) is 15.6. The summed E-state index contributed by atoms with van der Waals surface area (Å²) in [5.41, 5.74) is 3.14. The van der Waals surface area contributed by atoms with Gasteiger partial charge in [0.1, 0.15) is 17.9 Å². The van der Waals surface area contributed by atoms with Crippen molar-refractivity contribution in [1.29, 1.82) is 0 Å². The number of nitrogens with one attached hydrogen (secondary N) is 2. The summed E-state index contributed by atoms with van der Waals surface area (Å²) in [5, 5.41) is 0. The smallest absolute Gasteiger partial charge is 0.464 e. The van der Waals surface area contributed by atoms with Crippen LogP contribution in [0.2, 0.25) is 0 Å². The second-order valence-electron chi connectivity index (χ2n) is 5.77. The first-order valence-electron chi connectivity index (χ1n) is 8.57. The molecule has 3 rings (SSSR count). The van der Waals surface area contributed by atoms with Crippen molar-refractivity contribution >= 4 is 13.8 Å². The van der Waals surface area contributed by atoms with Crippen molar-refractivity contribution < 1.29 is 32.4 Å². The molecule has 0 unspecified atom stereocenters. The van der Waals surface area contributed by atoms with E-state index in [4.69, 9.17) is 23.0 Å². The predicted octanol–water partition coefficient (Wildman–Crippen LogP) is 3.74. The minimum Gasteiger partial charge on any atom is -0.464 e. The Kier molecular flexibility index (Phi) is 5.88. The molecule has 0 spiro atoms. The van der Waals surface area contributed by atoms with Crippen molar-refractivity contribution in [2.24, 2.45) is 0 Å². The number of hydrogen-bond donors (Lipinski definition) is 2. The van der Waals surface area contributed by atoms with Crippen molar-refractivity contribution in [2.45, 2.75) is 26.1 Å². The number of carbonyl (C=O) groups excluding carboxylic acids is 1. The maximum absolute atomic E-state index is 12.9. The van der Waals surface area contributed by atoms with Gasteiger partial charge in [-0.2, -0.15) is 0 Å².